The smallest absolute Gasteiger partial charge is 0.309 e. The molecule has 0 spiro atoms. The molecule has 81 heavy (non-hydrogen) atoms. The number of halogens is 9. The minimum Gasteiger partial charge on any atom is -0.309 e. The Balaban J connectivity index is 1.07. The highest BCUT2D eigenvalue weighted by atomic mass is 19.4. The van der Waals surface area contributed by atoms with Gasteiger partial charge in [0.1, 0.15) is 0 Å². The van der Waals surface area contributed by atoms with E-state index in [-0.39, 0.29) is 17.2 Å². The van der Waals surface area contributed by atoms with Gasteiger partial charge in [0.25, 0.3) is 0 Å². The van der Waals surface area contributed by atoms with Gasteiger partial charge in [0.05, 0.1) is 56.3 Å². The monoisotopic (exact) mass is 1090 g/mol. The molecule has 0 fully saturated rings. The molecular formula is C66H39F9N6. The number of hydrogen-bond donors (Lipinski definition) is 0. The molecule has 0 aliphatic carbocycles. The van der Waals surface area contributed by atoms with E-state index in [1.807, 2.05) is 138 Å². The van der Waals surface area contributed by atoms with E-state index in [1.165, 1.54) is 12.1 Å². The second kappa shape index (κ2) is 19.2. The maximum Gasteiger partial charge on any atom is 0.417 e. The van der Waals surface area contributed by atoms with E-state index in [9.17, 15) is 39.5 Å². The summed E-state index contributed by atoms with van der Waals surface area (Å²) in [4.78, 5) is 19.7. The third-order valence-electron chi connectivity index (χ3n) is 14.6. The normalized spacial score (nSPS) is 12.3. The Bertz CT molecular complexity index is 4560. The number of alkyl halides is 9. The first kappa shape index (κ1) is 50.6. The third-order valence-corrected chi connectivity index (χ3v) is 14.6. The topological polar surface area (TPSA) is 61.4 Å². The lowest BCUT2D eigenvalue weighted by atomic mass is 9.95. The third kappa shape index (κ3) is 9.00. The lowest BCUT2D eigenvalue weighted by Gasteiger charge is -2.19. The van der Waals surface area contributed by atoms with Crippen molar-refractivity contribution in [2.45, 2.75) is 25.5 Å². The maximum absolute atomic E-state index is 14.7. The number of aromatic nitrogens is 6. The molecule has 0 saturated heterocycles. The summed E-state index contributed by atoms with van der Waals surface area (Å²) in [5.41, 5.74) is 4.18. The van der Waals surface area contributed by atoms with Gasteiger partial charge in [-0.25, -0.2) is 15.0 Å². The van der Waals surface area contributed by atoms with Crippen LogP contribution in [0.15, 0.2) is 219 Å². The quantitative estimate of drug-likeness (QED) is 0.142. The summed E-state index contributed by atoms with van der Waals surface area (Å²) in [5, 5.41) is 2.63. The highest BCUT2D eigenvalue weighted by Crippen LogP contribution is 2.47. The van der Waals surface area contributed by atoms with Crippen molar-refractivity contribution in [1.82, 2.24) is 29.1 Å². The minimum atomic E-state index is -5.11. The van der Waals surface area contributed by atoms with E-state index in [1.54, 1.807) is 55.7 Å². The van der Waals surface area contributed by atoms with Crippen LogP contribution < -0.4 is 0 Å². The van der Waals surface area contributed by atoms with Crippen LogP contribution in [0.2, 0.25) is 0 Å². The summed E-state index contributed by atoms with van der Waals surface area (Å²) in [7, 11) is 0. The Morgan fingerprint density at radius 1 is 0.333 bits per heavy atom. The molecule has 0 saturated carbocycles. The summed E-state index contributed by atoms with van der Waals surface area (Å²) in [5.74, 6) is 1.21. The van der Waals surface area contributed by atoms with Crippen LogP contribution in [0.5, 0.6) is 0 Å². The Morgan fingerprint density at radius 3 is 1.35 bits per heavy atom. The standard InChI is InChI=1S/C66H39F9N6/c1-38-20-25-45(53(32-38)65(70,71)72)41-21-27-57-50(33-41)47-16-8-10-18-55(47)80(57)58-29-23-43(63-78-61(39-12-4-2-5-13-39)77-62(79-63)40-14-6-3-7-15-40)35-52(58)49-30-31-76-37-60(49)81-56-19-11-9-17-48(56)51-34-42(22-28-59(51)81)46-26-24-44(64(67,68)69)36-54(46)66(73,74)75/h2-37H,1H3. The molecule has 0 atom stereocenters. The number of pyridine rings is 1. The molecular weight excluding hydrogens is 1050 g/mol. The van der Waals surface area contributed by atoms with E-state index < -0.39 is 40.8 Å². The van der Waals surface area contributed by atoms with Gasteiger partial charge in [0.15, 0.2) is 17.5 Å². The Labute approximate surface area is 455 Å². The van der Waals surface area contributed by atoms with E-state index >= 15 is 0 Å². The molecule has 13 rings (SSSR count). The van der Waals surface area contributed by atoms with Crippen molar-refractivity contribution in [1.29, 1.82) is 0 Å². The SMILES string of the molecule is Cc1ccc(-c2ccc3c(c2)c2ccccc2n3-c2ccc(-c3nc(-c4ccccc4)nc(-c4ccccc4)n3)cc2-c2ccncc2-n2c3ccccc3c3cc(-c4ccc(C(F)(F)F)cc4C(F)(F)F)ccc32)c(C(F)(F)F)c1. The summed E-state index contributed by atoms with van der Waals surface area (Å²) in [6, 6.07) is 57.6. The average molecular weight is 1090 g/mol. The molecule has 0 bridgehead atoms. The maximum atomic E-state index is 14.7. The highest BCUT2D eigenvalue weighted by Gasteiger charge is 2.39. The van der Waals surface area contributed by atoms with Crippen LogP contribution in [0.25, 0.3) is 123 Å². The number of rotatable bonds is 8. The fraction of sp³-hybridized carbons (Fsp3) is 0.0606. The zero-order chi connectivity index (χ0) is 56.0. The summed E-state index contributed by atoms with van der Waals surface area (Å²) in [6.07, 6.45) is -11.4. The average Bonchev–Trinajstić information content (AvgIpc) is 4.10. The highest BCUT2D eigenvalue weighted by molar-refractivity contribution is 6.13. The zero-order valence-electron chi connectivity index (χ0n) is 42.4. The van der Waals surface area contributed by atoms with E-state index in [0.717, 1.165) is 34.2 Å². The van der Waals surface area contributed by atoms with E-state index in [2.05, 4.69) is 9.55 Å². The van der Waals surface area contributed by atoms with Crippen LogP contribution in [0.3, 0.4) is 0 Å². The largest absolute Gasteiger partial charge is 0.417 e. The molecule has 396 valence electrons. The Hall–Kier alpha value is -9.89. The van der Waals surface area contributed by atoms with Crippen molar-refractivity contribution in [3.63, 3.8) is 0 Å². The van der Waals surface area contributed by atoms with Crippen LogP contribution in [-0.4, -0.2) is 29.1 Å². The molecule has 0 amide bonds. The van der Waals surface area contributed by atoms with Gasteiger partial charge in [0.2, 0.25) is 0 Å². The molecule has 0 N–H and O–H groups in total. The van der Waals surface area contributed by atoms with Crippen molar-refractivity contribution in [3.05, 3.63) is 241 Å². The minimum absolute atomic E-state index is 0.0406. The summed E-state index contributed by atoms with van der Waals surface area (Å²) < 4.78 is 134. The van der Waals surface area contributed by atoms with Crippen LogP contribution >= 0.6 is 0 Å². The fourth-order valence-electron chi connectivity index (χ4n) is 11.0. The number of benzene rings is 9. The van der Waals surface area contributed by atoms with Crippen molar-refractivity contribution in [3.8, 4) is 78.9 Å². The molecule has 4 aromatic heterocycles. The molecule has 6 nitrogen and oxygen atoms in total. The predicted octanol–water partition coefficient (Wildman–Crippen LogP) is 18.8. The van der Waals surface area contributed by atoms with Gasteiger partial charge >= 0.3 is 18.5 Å². The lowest BCUT2D eigenvalue weighted by Crippen LogP contribution is -2.12. The van der Waals surface area contributed by atoms with Crippen LogP contribution in [-0.2, 0) is 18.5 Å². The number of fused-ring (bicyclic) bond motifs is 6. The molecule has 0 radical (unpaired) electrons. The van der Waals surface area contributed by atoms with Gasteiger partial charge in [-0.15, -0.1) is 0 Å². The van der Waals surface area contributed by atoms with Gasteiger partial charge in [-0.05, 0) is 108 Å². The molecule has 4 heterocycles. The second-order valence-electron chi connectivity index (χ2n) is 19.6. The van der Waals surface area contributed by atoms with Crippen LogP contribution in [0.4, 0.5) is 39.5 Å². The predicted molar refractivity (Wildman–Crippen MR) is 299 cm³/mol. The van der Waals surface area contributed by atoms with Gasteiger partial charge in [-0.1, -0.05) is 133 Å². The Kier molecular flexibility index (Phi) is 12.0. The van der Waals surface area contributed by atoms with Crippen molar-refractivity contribution >= 4 is 43.6 Å². The van der Waals surface area contributed by atoms with Crippen LogP contribution in [0, 0.1) is 6.92 Å². The van der Waals surface area contributed by atoms with Crippen molar-refractivity contribution in [2.75, 3.05) is 0 Å². The number of aryl methyl sites for hydroxylation is 1. The van der Waals surface area contributed by atoms with Gasteiger partial charge < -0.3 is 9.13 Å². The lowest BCUT2D eigenvalue weighted by molar-refractivity contribution is -0.143. The number of nitrogens with zero attached hydrogens (tertiary/aromatic N) is 6. The molecule has 15 heteroatoms. The second-order valence-corrected chi connectivity index (χ2v) is 19.6. The zero-order valence-corrected chi connectivity index (χ0v) is 42.4. The van der Waals surface area contributed by atoms with Crippen LogP contribution in [0.1, 0.15) is 22.3 Å². The van der Waals surface area contributed by atoms with Gasteiger partial charge in [-0.3, -0.25) is 4.98 Å². The molecule has 13 aromatic rings. The van der Waals surface area contributed by atoms with Crippen molar-refractivity contribution < 1.29 is 39.5 Å². The number of hydrogen-bond acceptors (Lipinski definition) is 4. The molecule has 0 aliphatic rings. The first-order chi connectivity index (χ1) is 39.0. The molecule has 0 aliphatic heterocycles. The fourth-order valence-corrected chi connectivity index (χ4v) is 11.0. The van der Waals surface area contributed by atoms with E-state index in [4.69, 9.17) is 15.0 Å². The Morgan fingerprint density at radius 2 is 0.802 bits per heavy atom. The summed E-state index contributed by atoms with van der Waals surface area (Å²) >= 11 is 0. The summed E-state index contributed by atoms with van der Waals surface area (Å²) in [6.45, 7) is 1.62. The van der Waals surface area contributed by atoms with Crippen molar-refractivity contribution in [2.24, 2.45) is 0 Å². The first-order valence-electron chi connectivity index (χ1n) is 25.5. The number of para-hydroxylation sites is 2. The van der Waals surface area contributed by atoms with Gasteiger partial charge in [0, 0.05) is 55.6 Å². The van der Waals surface area contributed by atoms with E-state index in [0.29, 0.717) is 95.4 Å². The molecule has 9 aromatic carbocycles. The first-order valence-corrected chi connectivity index (χ1v) is 25.5. The molecule has 0 unspecified atom stereocenters. The van der Waals surface area contributed by atoms with Gasteiger partial charge in [-0.2, -0.15) is 39.5 Å².